The van der Waals surface area contributed by atoms with Crippen LogP contribution in [0.15, 0.2) is 12.7 Å². The van der Waals surface area contributed by atoms with Crippen molar-refractivity contribution in [3.8, 4) is 0 Å². The van der Waals surface area contributed by atoms with E-state index in [2.05, 4.69) is 11.9 Å². The first-order valence-electron chi connectivity index (χ1n) is 6.76. The molecule has 0 spiro atoms. The summed E-state index contributed by atoms with van der Waals surface area (Å²) >= 11 is 0. The molecular weight excluding hydrogens is 212 g/mol. The molecule has 0 aromatic rings. The average Bonchev–Trinajstić information content (AvgIpc) is 2.91. The SMILES string of the molecule is C=CCNCC(=O)N(C)CC1CC2CCC1C2. The number of fused-ring (bicyclic) bond motifs is 2. The van der Waals surface area contributed by atoms with E-state index in [1.165, 1.54) is 25.7 Å². The number of rotatable bonds is 6. The van der Waals surface area contributed by atoms with Crippen LogP contribution in [0.25, 0.3) is 0 Å². The van der Waals surface area contributed by atoms with Crippen LogP contribution in [0.4, 0.5) is 0 Å². The van der Waals surface area contributed by atoms with Crippen LogP contribution in [0.5, 0.6) is 0 Å². The molecule has 2 fully saturated rings. The maximum atomic E-state index is 11.8. The fourth-order valence-corrected chi connectivity index (χ4v) is 3.47. The lowest BCUT2D eigenvalue weighted by atomic mass is 9.88. The van der Waals surface area contributed by atoms with Crippen molar-refractivity contribution >= 4 is 5.91 Å². The van der Waals surface area contributed by atoms with Gasteiger partial charge in [0.05, 0.1) is 6.54 Å². The molecule has 0 radical (unpaired) electrons. The number of amides is 1. The van der Waals surface area contributed by atoms with Crippen LogP contribution >= 0.6 is 0 Å². The zero-order chi connectivity index (χ0) is 12.3. The summed E-state index contributed by atoms with van der Waals surface area (Å²) in [4.78, 5) is 13.7. The predicted octanol–water partition coefficient (Wildman–Crippen LogP) is 1.66. The first kappa shape index (κ1) is 12.6. The van der Waals surface area contributed by atoms with E-state index in [4.69, 9.17) is 0 Å². The van der Waals surface area contributed by atoms with Gasteiger partial charge >= 0.3 is 0 Å². The highest BCUT2D eigenvalue weighted by Crippen LogP contribution is 2.48. The first-order valence-corrected chi connectivity index (χ1v) is 6.76. The van der Waals surface area contributed by atoms with Crippen LogP contribution in [0.3, 0.4) is 0 Å². The number of nitrogens with zero attached hydrogens (tertiary/aromatic N) is 1. The van der Waals surface area contributed by atoms with Crippen molar-refractivity contribution in [1.82, 2.24) is 10.2 Å². The Hall–Kier alpha value is -0.830. The highest BCUT2D eigenvalue weighted by Gasteiger charge is 2.39. The van der Waals surface area contributed by atoms with Gasteiger partial charge in [-0.3, -0.25) is 4.79 Å². The Labute approximate surface area is 104 Å². The normalized spacial score (nSPS) is 30.5. The van der Waals surface area contributed by atoms with Gasteiger partial charge in [-0.2, -0.15) is 0 Å². The lowest BCUT2D eigenvalue weighted by Gasteiger charge is -2.27. The van der Waals surface area contributed by atoms with E-state index in [0.29, 0.717) is 13.1 Å². The molecule has 0 heterocycles. The van der Waals surface area contributed by atoms with Gasteiger partial charge in [0.15, 0.2) is 0 Å². The van der Waals surface area contributed by atoms with Crippen molar-refractivity contribution < 1.29 is 4.79 Å². The van der Waals surface area contributed by atoms with Crippen LogP contribution in [0, 0.1) is 17.8 Å². The van der Waals surface area contributed by atoms with Gasteiger partial charge in [-0.15, -0.1) is 6.58 Å². The quantitative estimate of drug-likeness (QED) is 0.562. The summed E-state index contributed by atoms with van der Waals surface area (Å²) in [5.41, 5.74) is 0. The fourth-order valence-electron chi connectivity index (χ4n) is 3.47. The fraction of sp³-hybridized carbons (Fsp3) is 0.786. The molecule has 0 saturated heterocycles. The molecule has 3 atom stereocenters. The second kappa shape index (κ2) is 5.67. The second-order valence-electron chi connectivity index (χ2n) is 5.63. The summed E-state index contributed by atoms with van der Waals surface area (Å²) in [5.74, 6) is 2.83. The lowest BCUT2D eigenvalue weighted by molar-refractivity contribution is -0.129. The molecular formula is C14H24N2O. The van der Waals surface area contributed by atoms with Crippen LogP contribution in [0.2, 0.25) is 0 Å². The third-order valence-corrected chi connectivity index (χ3v) is 4.38. The standard InChI is InChI=1S/C14H24N2O/c1-3-6-15-9-14(17)16(2)10-13-8-11-4-5-12(13)7-11/h3,11-13,15H,1,4-10H2,2H3. The predicted molar refractivity (Wildman–Crippen MR) is 69.6 cm³/mol. The monoisotopic (exact) mass is 236 g/mol. The number of carbonyl (C=O) groups excluding carboxylic acids is 1. The van der Waals surface area contributed by atoms with Gasteiger partial charge in [0.2, 0.25) is 5.91 Å². The number of nitrogens with one attached hydrogen (secondary N) is 1. The van der Waals surface area contributed by atoms with Gasteiger partial charge in [0, 0.05) is 20.1 Å². The number of hydrogen-bond acceptors (Lipinski definition) is 2. The minimum atomic E-state index is 0.203. The Balaban J connectivity index is 1.71. The van der Waals surface area contributed by atoms with Crippen molar-refractivity contribution in [2.75, 3.05) is 26.7 Å². The van der Waals surface area contributed by atoms with Crippen LogP contribution in [-0.2, 0) is 4.79 Å². The largest absolute Gasteiger partial charge is 0.344 e. The van der Waals surface area contributed by atoms with Gasteiger partial charge in [0.1, 0.15) is 0 Å². The molecule has 96 valence electrons. The van der Waals surface area contributed by atoms with Crippen molar-refractivity contribution in [2.24, 2.45) is 17.8 Å². The van der Waals surface area contributed by atoms with Gasteiger partial charge in [-0.05, 0) is 37.0 Å². The van der Waals surface area contributed by atoms with Gasteiger partial charge in [-0.1, -0.05) is 12.5 Å². The van der Waals surface area contributed by atoms with Crippen molar-refractivity contribution in [3.05, 3.63) is 12.7 Å². The average molecular weight is 236 g/mol. The smallest absolute Gasteiger partial charge is 0.236 e. The molecule has 3 nitrogen and oxygen atoms in total. The van der Waals surface area contributed by atoms with Crippen molar-refractivity contribution in [3.63, 3.8) is 0 Å². The van der Waals surface area contributed by atoms with E-state index in [-0.39, 0.29) is 5.91 Å². The molecule has 2 aliphatic rings. The number of carbonyl (C=O) groups is 1. The Bertz CT molecular complexity index is 290. The summed E-state index contributed by atoms with van der Waals surface area (Å²) in [6, 6.07) is 0. The molecule has 3 unspecified atom stereocenters. The molecule has 0 aliphatic heterocycles. The van der Waals surface area contributed by atoms with Crippen molar-refractivity contribution in [2.45, 2.75) is 25.7 Å². The van der Waals surface area contributed by atoms with Crippen molar-refractivity contribution in [1.29, 1.82) is 0 Å². The van der Waals surface area contributed by atoms with E-state index in [1.54, 1.807) is 6.08 Å². The number of hydrogen-bond donors (Lipinski definition) is 1. The number of likely N-dealkylation sites (N-methyl/N-ethyl adjacent to an activating group) is 1. The maximum Gasteiger partial charge on any atom is 0.236 e. The molecule has 1 amide bonds. The minimum Gasteiger partial charge on any atom is -0.344 e. The molecule has 2 aliphatic carbocycles. The highest BCUT2D eigenvalue weighted by molar-refractivity contribution is 5.77. The van der Waals surface area contributed by atoms with E-state index >= 15 is 0 Å². The molecule has 2 rings (SSSR count). The highest BCUT2D eigenvalue weighted by atomic mass is 16.2. The summed E-state index contributed by atoms with van der Waals surface area (Å²) in [7, 11) is 1.93. The van der Waals surface area contributed by atoms with Gasteiger partial charge in [0.25, 0.3) is 0 Å². The Morgan fingerprint density at radius 1 is 1.47 bits per heavy atom. The summed E-state index contributed by atoms with van der Waals surface area (Å²) in [6.45, 7) is 5.71. The van der Waals surface area contributed by atoms with E-state index in [9.17, 15) is 4.79 Å². The summed E-state index contributed by atoms with van der Waals surface area (Å²) in [5, 5.41) is 3.07. The molecule has 17 heavy (non-hydrogen) atoms. The first-order chi connectivity index (χ1) is 8.20. The molecule has 0 aromatic heterocycles. The van der Waals surface area contributed by atoms with Crippen LogP contribution in [-0.4, -0.2) is 37.5 Å². The van der Waals surface area contributed by atoms with Gasteiger partial charge in [-0.25, -0.2) is 0 Å². The molecule has 2 bridgehead atoms. The lowest BCUT2D eigenvalue weighted by Crippen LogP contribution is -2.39. The zero-order valence-electron chi connectivity index (χ0n) is 10.8. The minimum absolute atomic E-state index is 0.203. The second-order valence-corrected chi connectivity index (χ2v) is 5.63. The van der Waals surface area contributed by atoms with E-state index in [0.717, 1.165) is 24.3 Å². The third kappa shape index (κ3) is 3.09. The third-order valence-electron chi connectivity index (χ3n) is 4.38. The Kier molecular flexibility index (Phi) is 4.21. The summed E-state index contributed by atoms with van der Waals surface area (Å²) in [6.07, 6.45) is 7.37. The molecule has 1 N–H and O–H groups in total. The topological polar surface area (TPSA) is 32.3 Å². The maximum absolute atomic E-state index is 11.8. The van der Waals surface area contributed by atoms with Gasteiger partial charge < -0.3 is 10.2 Å². The summed E-state index contributed by atoms with van der Waals surface area (Å²) < 4.78 is 0. The zero-order valence-corrected chi connectivity index (χ0v) is 10.8. The van der Waals surface area contributed by atoms with E-state index in [1.807, 2.05) is 11.9 Å². The molecule has 2 saturated carbocycles. The van der Waals surface area contributed by atoms with E-state index < -0.39 is 0 Å². The van der Waals surface area contributed by atoms with Crippen LogP contribution in [0.1, 0.15) is 25.7 Å². The Morgan fingerprint density at radius 2 is 2.29 bits per heavy atom. The van der Waals surface area contributed by atoms with Crippen LogP contribution < -0.4 is 5.32 Å². The molecule has 3 heteroatoms. The molecule has 0 aromatic carbocycles. The Morgan fingerprint density at radius 3 is 2.88 bits per heavy atom.